The van der Waals surface area contributed by atoms with E-state index in [1.54, 1.807) is 4.90 Å². The van der Waals surface area contributed by atoms with Crippen molar-refractivity contribution >= 4 is 17.4 Å². The second-order valence-electron chi connectivity index (χ2n) is 5.56. The second-order valence-corrected chi connectivity index (χ2v) is 5.56. The van der Waals surface area contributed by atoms with E-state index in [2.05, 4.69) is 5.16 Å². The van der Waals surface area contributed by atoms with Gasteiger partial charge in [0.1, 0.15) is 5.84 Å². The van der Waals surface area contributed by atoms with Gasteiger partial charge in [-0.25, -0.2) is 0 Å². The summed E-state index contributed by atoms with van der Waals surface area (Å²) >= 11 is 0. The van der Waals surface area contributed by atoms with Crippen LogP contribution in [-0.4, -0.2) is 49.0 Å². The number of likely N-dealkylation sites (tertiary alicyclic amines) is 1. The maximum absolute atomic E-state index is 12.5. The summed E-state index contributed by atoms with van der Waals surface area (Å²) in [6.07, 6.45) is 1.71. The SMILES string of the molecule is CN(C)c1ccc(C(=O)N2CCCC(C(N)=NO)C2)cc1. The Morgan fingerprint density at radius 1 is 1.38 bits per heavy atom. The molecule has 21 heavy (non-hydrogen) atoms. The Morgan fingerprint density at radius 3 is 2.62 bits per heavy atom. The van der Waals surface area contributed by atoms with E-state index in [1.165, 1.54) is 0 Å². The summed E-state index contributed by atoms with van der Waals surface area (Å²) in [7, 11) is 3.92. The van der Waals surface area contributed by atoms with Gasteiger partial charge in [-0.3, -0.25) is 4.79 Å². The standard InChI is InChI=1S/C15H22N4O2/c1-18(2)13-7-5-11(6-8-13)15(20)19-9-3-4-12(10-19)14(16)17-21/h5-8,12,21H,3-4,9-10H2,1-2H3,(H2,16,17). The van der Waals surface area contributed by atoms with Gasteiger partial charge in [-0.1, -0.05) is 5.16 Å². The predicted molar refractivity (Wildman–Crippen MR) is 82.8 cm³/mol. The molecule has 0 aromatic heterocycles. The zero-order valence-electron chi connectivity index (χ0n) is 12.5. The number of carbonyl (C=O) groups excluding carboxylic acids is 1. The van der Waals surface area contributed by atoms with Crippen LogP contribution in [0.15, 0.2) is 29.4 Å². The zero-order chi connectivity index (χ0) is 15.4. The van der Waals surface area contributed by atoms with Crippen LogP contribution >= 0.6 is 0 Å². The first kappa shape index (κ1) is 15.2. The quantitative estimate of drug-likeness (QED) is 0.381. The van der Waals surface area contributed by atoms with Crippen molar-refractivity contribution in [2.24, 2.45) is 16.8 Å². The number of rotatable bonds is 3. The number of nitrogens with zero attached hydrogens (tertiary/aromatic N) is 3. The Kier molecular flexibility index (Phi) is 4.67. The molecule has 0 saturated carbocycles. The van der Waals surface area contributed by atoms with Gasteiger partial charge in [-0.05, 0) is 37.1 Å². The molecule has 0 spiro atoms. The Balaban J connectivity index is 2.08. The van der Waals surface area contributed by atoms with Crippen LogP contribution in [0.25, 0.3) is 0 Å². The first-order valence-corrected chi connectivity index (χ1v) is 7.07. The first-order valence-electron chi connectivity index (χ1n) is 7.07. The molecule has 6 nitrogen and oxygen atoms in total. The second kappa shape index (κ2) is 6.47. The molecule has 2 rings (SSSR count). The molecule has 0 radical (unpaired) electrons. The van der Waals surface area contributed by atoms with Crippen molar-refractivity contribution in [3.8, 4) is 0 Å². The van der Waals surface area contributed by atoms with E-state index < -0.39 is 0 Å². The Hall–Kier alpha value is -2.24. The highest BCUT2D eigenvalue weighted by molar-refractivity contribution is 5.95. The zero-order valence-corrected chi connectivity index (χ0v) is 12.5. The lowest BCUT2D eigenvalue weighted by atomic mass is 9.96. The third-order valence-corrected chi connectivity index (χ3v) is 3.87. The van der Waals surface area contributed by atoms with E-state index in [1.807, 2.05) is 43.3 Å². The van der Waals surface area contributed by atoms with Gasteiger partial charge in [0.15, 0.2) is 0 Å². The fraction of sp³-hybridized carbons (Fsp3) is 0.467. The summed E-state index contributed by atoms with van der Waals surface area (Å²) in [5.74, 6) is 0.139. The third-order valence-electron chi connectivity index (χ3n) is 3.87. The summed E-state index contributed by atoms with van der Waals surface area (Å²) in [6, 6.07) is 7.53. The van der Waals surface area contributed by atoms with Crippen LogP contribution in [0.3, 0.4) is 0 Å². The van der Waals surface area contributed by atoms with Crippen molar-refractivity contribution in [3.05, 3.63) is 29.8 Å². The minimum absolute atomic E-state index is 0.00394. The van der Waals surface area contributed by atoms with Crippen LogP contribution in [0.2, 0.25) is 0 Å². The number of nitrogens with two attached hydrogens (primary N) is 1. The smallest absolute Gasteiger partial charge is 0.253 e. The van der Waals surface area contributed by atoms with Crippen molar-refractivity contribution in [2.75, 3.05) is 32.1 Å². The van der Waals surface area contributed by atoms with Gasteiger partial charge in [-0.2, -0.15) is 0 Å². The van der Waals surface area contributed by atoms with Gasteiger partial charge in [0.25, 0.3) is 5.91 Å². The van der Waals surface area contributed by atoms with Gasteiger partial charge in [-0.15, -0.1) is 0 Å². The normalized spacial score (nSPS) is 19.4. The number of hydrogen-bond acceptors (Lipinski definition) is 4. The molecule has 0 aliphatic carbocycles. The number of carbonyl (C=O) groups is 1. The Morgan fingerprint density at radius 2 is 2.05 bits per heavy atom. The lowest BCUT2D eigenvalue weighted by Gasteiger charge is -2.32. The average Bonchev–Trinajstić information content (AvgIpc) is 2.53. The van der Waals surface area contributed by atoms with Crippen LogP contribution in [0, 0.1) is 5.92 Å². The molecule has 1 fully saturated rings. The molecule has 0 bridgehead atoms. The number of amidine groups is 1. The van der Waals surface area contributed by atoms with Crippen LogP contribution in [0.1, 0.15) is 23.2 Å². The van der Waals surface area contributed by atoms with E-state index in [0.717, 1.165) is 18.5 Å². The number of piperidine rings is 1. The largest absolute Gasteiger partial charge is 0.409 e. The topological polar surface area (TPSA) is 82.2 Å². The molecular weight excluding hydrogens is 268 g/mol. The fourth-order valence-corrected chi connectivity index (χ4v) is 2.57. The summed E-state index contributed by atoms with van der Waals surface area (Å²) in [4.78, 5) is 16.3. The van der Waals surface area contributed by atoms with Crippen molar-refractivity contribution in [1.29, 1.82) is 0 Å². The number of benzene rings is 1. The van der Waals surface area contributed by atoms with Gasteiger partial charge in [0, 0.05) is 44.4 Å². The van der Waals surface area contributed by atoms with Crippen LogP contribution in [0.4, 0.5) is 5.69 Å². The van der Waals surface area contributed by atoms with Crippen LogP contribution in [0.5, 0.6) is 0 Å². The van der Waals surface area contributed by atoms with Gasteiger partial charge < -0.3 is 20.7 Å². The molecular formula is C15H22N4O2. The Labute approximate surface area is 124 Å². The van der Waals surface area contributed by atoms with Gasteiger partial charge >= 0.3 is 0 Å². The predicted octanol–water partition coefficient (Wildman–Crippen LogP) is 1.35. The summed E-state index contributed by atoms with van der Waals surface area (Å²) < 4.78 is 0. The fourth-order valence-electron chi connectivity index (χ4n) is 2.57. The molecule has 114 valence electrons. The molecule has 1 heterocycles. The highest BCUT2D eigenvalue weighted by Gasteiger charge is 2.26. The maximum atomic E-state index is 12.5. The lowest BCUT2D eigenvalue weighted by Crippen LogP contribution is -2.44. The van der Waals surface area contributed by atoms with Gasteiger partial charge in [0.05, 0.1) is 0 Å². The summed E-state index contributed by atoms with van der Waals surface area (Å²) in [5, 5.41) is 11.8. The summed E-state index contributed by atoms with van der Waals surface area (Å²) in [5.41, 5.74) is 7.38. The van der Waals surface area contributed by atoms with E-state index in [9.17, 15) is 4.79 Å². The highest BCUT2D eigenvalue weighted by atomic mass is 16.4. The average molecular weight is 290 g/mol. The third kappa shape index (κ3) is 3.45. The first-order chi connectivity index (χ1) is 10.0. The van der Waals surface area contributed by atoms with Crippen molar-refractivity contribution < 1.29 is 10.0 Å². The molecule has 1 aliphatic heterocycles. The van der Waals surface area contributed by atoms with E-state index >= 15 is 0 Å². The minimum atomic E-state index is -0.0613. The molecule has 6 heteroatoms. The minimum Gasteiger partial charge on any atom is -0.409 e. The highest BCUT2D eigenvalue weighted by Crippen LogP contribution is 2.20. The van der Waals surface area contributed by atoms with Crippen LogP contribution < -0.4 is 10.6 Å². The number of hydrogen-bond donors (Lipinski definition) is 2. The van der Waals surface area contributed by atoms with E-state index in [4.69, 9.17) is 10.9 Å². The molecule has 1 unspecified atom stereocenters. The molecule has 1 aromatic rings. The Bertz CT molecular complexity index is 525. The van der Waals surface area contributed by atoms with Crippen molar-refractivity contribution in [3.63, 3.8) is 0 Å². The van der Waals surface area contributed by atoms with Crippen molar-refractivity contribution in [1.82, 2.24) is 4.90 Å². The maximum Gasteiger partial charge on any atom is 0.253 e. The van der Waals surface area contributed by atoms with E-state index in [-0.39, 0.29) is 17.7 Å². The molecule has 1 amide bonds. The van der Waals surface area contributed by atoms with Crippen molar-refractivity contribution in [2.45, 2.75) is 12.8 Å². The molecule has 1 aromatic carbocycles. The summed E-state index contributed by atoms with van der Waals surface area (Å²) in [6.45, 7) is 1.22. The number of anilines is 1. The molecule has 1 atom stereocenters. The molecule has 3 N–H and O–H groups in total. The van der Waals surface area contributed by atoms with E-state index in [0.29, 0.717) is 18.7 Å². The van der Waals surface area contributed by atoms with Gasteiger partial charge in [0.2, 0.25) is 0 Å². The molecule has 1 saturated heterocycles. The lowest BCUT2D eigenvalue weighted by molar-refractivity contribution is 0.0701. The number of oxime groups is 1. The monoisotopic (exact) mass is 290 g/mol. The van der Waals surface area contributed by atoms with Crippen LogP contribution in [-0.2, 0) is 0 Å². The number of amides is 1. The molecule has 1 aliphatic rings.